The quantitative estimate of drug-likeness (QED) is 0.614. The summed E-state index contributed by atoms with van der Waals surface area (Å²) in [5.41, 5.74) is 9.74. The van der Waals surface area contributed by atoms with E-state index in [1.54, 1.807) is 0 Å². The van der Waals surface area contributed by atoms with E-state index < -0.39 is 0 Å². The smallest absolute Gasteiger partial charge is 0.188 e. The van der Waals surface area contributed by atoms with Crippen LogP contribution in [-0.2, 0) is 6.42 Å². The van der Waals surface area contributed by atoms with Gasteiger partial charge in [-0.1, -0.05) is 29.3 Å². The minimum atomic E-state index is 0.583. The van der Waals surface area contributed by atoms with E-state index in [2.05, 4.69) is 42.4 Å². The van der Waals surface area contributed by atoms with Crippen LogP contribution in [0.4, 0.5) is 0 Å². The minimum absolute atomic E-state index is 0.583. The molecule has 17 heavy (non-hydrogen) atoms. The number of nitrogens with two attached hydrogens (primary N) is 1. The van der Waals surface area contributed by atoms with E-state index in [0.29, 0.717) is 12.0 Å². The summed E-state index contributed by atoms with van der Waals surface area (Å²) in [5.74, 6) is 0.594. The van der Waals surface area contributed by atoms with Crippen molar-refractivity contribution in [2.45, 2.75) is 39.2 Å². The predicted octanol–water partition coefficient (Wildman–Crippen LogP) is 1.91. The molecule has 1 saturated carbocycles. The minimum Gasteiger partial charge on any atom is -0.370 e. The van der Waals surface area contributed by atoms with E-state index in [0.717, 1.165) is 13.0 Å². The van der Waals surface area contributed by atoms with Crippen molar-refractivity contribution in [2.24, 2.45) is 10.7 Å². The zero-order chi connectivity index (χ0) is 12.3. The lowest BCUT2D eigenvalue weighted by Crippen LogP contribution is -2.33. The first-order valence-electron chi connectivity index (χ1n) is 6.27. The second-order valence-corrected chi connectivity index (χ2v) is 4.93. The Balaban J connectivity index is 1.84. The molecule has 0 aromatic heterocycles. The molecule has 0 unspecified atom stereocenters. The molecule has 3 nitrogen and oxygen atoms in total. The van der Waals surface area contributed by atoms with E-state index >= 15 is 0 Å². The van der Waals surface area contributed by atoms with E-state index in [1.807, 2.05) is 0 Å². The monoisotopic (exact) mass is 231 g/mol. The van der Waals surface area contributed by atoms with E-state index in [-0.39, 0.29) is 0 Å². The van der Waals surface area contributed by atoms with Gasteiger partial charge in [0.2, 0.25) is 0 Å². The van der Waals surface area contributed by atoms with Crippen molar-refractivity contribution in [1.29, 1.82) is 0 Å². The average Bonchev–Trinajstić information content (AvgIpc) is 3.00. The first-order valence-corrected chi connectivity index (χ1v) is 6.27. The molecule has 0 amide bonds. The third-order valence-electron chi connectivity index (χ3n) is 2.89. The largest absolute Gasteiger partial charge is 0.370 e. The summed E-state index contributed by atoms with van der Waals surface area (Å²) < 4.78 is 0. The van der Waals surface area contributed by atoms with Gasteiger partial charge < -0.3 is 11.1 Å². The predicted molar refractivity (Wildman–Crippen MR) is 72.3 cm³/mol. The second kappa shape index (κ2) is 5.21. The number of guanidine groups is 1. The fourth-order valence-electron chi connectivity index (χ4n) is 2.00. The third kappa shape index (κ3) is 4.10. The molecule has 92 valence electrons. The van der Waals surface area contributed by atoms with Crippen molar-refractivity contribution < 1.29 is 0 Å². The van der Waals surface area contributed by atoms with Gasteiger partial charge in [-0.2, -0.15) is 0 Å². The zero-order valence-corrected chi connectivity index (χ0v) is 10.7. The SMILES string of the molecule is Cc1cc(C)cc(CCN=C(N)NC2CC2)c1. The van der Waals surface area contributed by atoms with Crippen LogP contribution < -0.4 is 11.1 Å². The van der Waals surface area contributed by atoms with Crippen molar-refractivity contribution in [3.63, 3.8) is 0 Å². The lowest BCUT2D eigenvalue weighted by atomic mass is 10.1. The molecule has 1 aromatic rings. The average molecular weight is 231 g/mol. The Morgan fingerprint density at radius 3 is 2.53 bits per heavy atom. The van der Waals surface area contributed by atoms with Crippen LogP contribution in [0.5, 0.6) is 0 Å². The molecule has 3 heteroatoms. The molecule has 1 aliphatic rings. The second-order valence-electron chi connectivity index (χ2n) is 4.93. The maximum absolute atomic E-state index is 5.78. The Morgan fingerprint density at radius 1 is 1.29 bits per heavy atom. The van der Waals surface area contributed by atoms with Crippen LogP contribution in [0.1, 0.15) is 29.5 Å². The Labute approximate surface area is 103 Å². The highest BCUT2D eigenvalue weighted by Crippen LogP contribution is 2.18. The topological polar surface area (TPSA) is 50.4 Å². The first kappa shape index (κ1) is 12.0. The fraction of sp³-hybridized carbons (Fsp3) is 0.500. The highest BCUT2D eigenvalue weighted by molar-refractivity contribution is 5.78. The Morgan fingerprint density at radius 2 is 1.94 bits per heavy atom. The molecule has 0 heterocycles. The highest BCUT2D eigenvalue weighted by atomic mass is 15.1. The number of aryl methyl sites for hydroxylation is 2. The normalized spacial score (nSPS) is 16.0. The first-order chi connectivity index (χ1) is 8.13. The van der Waals surface area contributed by atoms with Gasteiger partial charge in [-0.05, 0) is 38.7 Å². The lowest BCUT2D eigenvalue weighted by molar-refractivity contribution is 0.869. The molecule has 0 saturated heterocycles. The molecule has 1 aliphatic carbocycles. The molecular formula is C14H21N3. The standard InChI is InChI=1S/C14H21N3/c1-10-7-11(2)9-12(8-10)5-6-16-14(15)17-13-3-4-13/h7-9,13H,3-6H2,1-2H3,(H3,15,16,17). The molecule has 3 N–H and O–H groups in total. The molecule has 1 fully saturated rings. The van der Waals surface area contributed by atoms with Gasteiger partial charge in [0.05, 0.1) is 0 Å². The van der Waals surface area contributed by atoms with Crippen molar-refractivity contribution in [3.05, 3.63) is 34.9 Å². The number of aliphatic imine (C=N–C) groups is 1. The number of rotatable bonds is 4. The van der Waals surface area contributed by atoms with Crippen LogP contribution in [0.15, 0.2) is 23.2 Å². The lowest BCUT2D eigenvalue weighted by Gasteiger charge is -2.05. The molecule has 0 aliphatic heterocycles. The van der Waals surface area contributed by atoms with Gasteiger partial charge in [0, 0.05) is 12.6 Å². The zero-order valence-electron chi connectivity index (χ0n) is 10.7. The maximum Gasteiger partial charge on any atom is 0.188 e. The van der Waals surface area contributed by atoms with E-state index in [4.69, 9.17) is 5.73 Å². The summed E-state index contributed by atoms with van der Waals surface area (Å²) in [6.45, 7) is 5.01. The number of hydrogen-bond acceptors (Lipinski definition) is 1. The maximum atomic E-state index is 5.78. The van der Waals surface area contributed by atoms with Gasteiger partial charge in [-0.25, -0.2) is 0 Å². The van der Waals surface area contributed by atoms with Crippen LogP contribution in [-0.4, -0.2) is 18.5 Å². The molecule has 0 bridgehead atoms. The van der Waals surface area contributed by atoms with Gasteiger partial charge >= 0.3 is 0 Å². The van der Waals surface area contributed by atoms with Crippen LogP contribution in [0.25, 0.3) is 0 Å². The summed E-state index contributed by atoms with van der Waals surface area (Å²) in [6.07, 6.45) is 3.41. The molecular weight excluding hydrogens is 210 g/mol. The van der Waals surface area contributed by atoms with Crippen LogP contribution in [0, 0.1) is 13.8 Å². The molecule has 0 radical (unpaired) electrons. The molecule has 2 rings (SSSR count). The van der Waals surface area contributed by atoms with Gasteiger partial charge in [0.1, 0.15) is 0 Å². The summed E-state index contributed by atoms with van der Waals surface area (Å²) in [6, 6.07) is 7.20. The summed E-state index contributed by atoms with van der Waals surface area (Å²) in [4.78, 5) is 4.34. The molecule has 0 atom stereocenters. The van der Waals surface area contributed by atoms with Crippen molar-refractivity contribution in [3.8, 4) is 0 Å². The number of benzene rings is 1. The van der Waals surface area contributed by atoms with Gasteiger partial charge in [0.15, 0.2) is 5.96 Å². The van der Waals surface area contributed by atoms with E-state index in [1.165, 1.54) is 29.5 Å². The van der Waals surface area contributed by atoms with Gasteiger partial charge in [0.25, 0.3) is 0 Å². The van der Waals surface area contributed by atoms with Crippen LogP contribution in [0.3, 0.4) is 0 Å². The summed E-state index contributed by atoms with van der Waals surface area (Å²) in [7, 11) is 0. The molecule has 1 aromatic carbocycles. The highest BCUT2D eigenvalue weighted by Gasteiger charge is 2.21. The Bertz CT molecular complexity index is 399. The Hall–Kier alpha value is -1.51. The summed E-state index contributed by atoms with van der Waals surface area (Å²) in [5, 5.41) is 3.19. The number of nitrogens with one attached hydrogen (secondary N) is 1. The molecule has 0 spiro atoms. The van der Waals surface area contributed by atoms with E-state index in [9.17, 15) is 0 Å². The third-order valence-corrected chi connectivity index (χ3v) is 2.89. The summed E-state index contributed by atoms with van der Waals surface area (Å²) >= 11 is 0. The van der Waals surface area contributed by atoms with Gasteiger partial charge in [-0.3, -0.25) is 4.99 Å². The number of hydrogen-bond donors (Lipinski definition) is 2. The van der Waals surface area contributed by atoms with Crippen LogP contribution in [0.2, 0.25) is 0 Å². The fourth-order valence-corrected chi connectivity index (χ4v) is 2.00. The van der Waals surface area contributed by atoms with Crippen LogP contribution >= 0.6 is 0 Å². The van der Waals surface area contributed by atoms with Crippen molar-refractivity contribution in [2.75, 3.05) is 6.54 Å². The van der Waals surface area contributed by atoms with Crippen molar-refractivity contribution >= 4 is 5.96 Å². The van der Waals surface area contributed by atoms with Gasteiger partial charge in [-0.15, -0.1) is 0 Å². The Kier molecular flexibility index (Phi) is 3.67. The number of nitrogens with zero attached hydrogens (tertiary/aromatic N) is 1. The van der Waals surface area contributed by atoms with Crippen molar-refractivity contribution in [1.82, 2.24) is 5.32 Å².